The van der Waals surface area contributed by atoms with Crippen LogP contribution in [0.3, 0.4) is 0 Å². The number of likely N-dealkylation sites (tertiary alicyclic amines) is 2. The van der Waals surface area contributed by atoms with Crippen molar-refractivity contribution in [2.75, 3.05) is 13.1 Å². The highest BCUT2D eigenvalue weighted by atomic mass is 16.6. The van der Waals surface area contributed by atoms with E-state index in [1.54, 1.807) is 41.5 Å². The number of ketones is 4. The third kappa shape index (κ3) is 9.63. The van der Waals surface area contributed by atoms with Gasteiger partial charge in [-0.1, -0.05) is 0 Å². The Morgan fingerprint density at radius 1 is 0.500 bits per heavy atom. The summed E-state index contributed by atoms with van der Waals surface area (Å²) >= 11 is 0. The van der Waals surface area contributed by atoms with Crippen molar-refractivity contribution in [3.8, 4) is 0 Å². The molecule has 0 N–H and O–H groups in total. The monoisotopic (exact) mass is 644 g/mol. The summed E-state index contributed by atoms with van der Waals surface area (Å²) in [6.45, 7) is 11.7. The zero-order valence-electron chi connectivity index (χ0n) is 28.9. The summed E-state index contributed by atoms with van der Waals surface area (Å²) in [7, 11) is 0. The Kier molecular flexibility index (Phi) is 11.7. The van der Waals surface area contributed by atoms with E-state index in [0.29, 0.717) is 37.8 Å². The van der Waals surface area contributed by atoms with Crippen LogP contribution in [0.2, 0.25) is 0 Å². The first-order valence-electron chi connectivity index (χ1n) is 17.6. The lowest BCUT2D eigenvalue weighted by Crippen LogP contribution is -2.44. The van der Waals surface area contributed by atoms with E-state index in [1.807, 2.05) is 0 Å². The smallest absolute Gasteiger partial charge is 0.410 e. The molecule has 46 heavy (non-hydrogen) atoms. The molecular weight excluding hydrogens is 588 g/mol. The van der Waals surface area contributed by atoms with Crippen LogP contribution < -0.4 is 0 Å². The van der Waals surface area contributed by atoms with Crippen LogP contribution in [0.5, 0.6) is 0 Å². The number of carbonyl (C=O) groups is 6. The number of hydrogen-bond donors (Lipinski definition) is 0. The molecule has 0 bridgehead atoms. The van der Waals surface area contributed by atoms with Crippen LogP contribution in [-0.4, -0.2) is 81.5 Å². The molecule has 1 unspecified atom stereocenters. The molecule has 10 heteroatoms. The molecule has 0 aromatic heterocycles. The summed E-state index contributed by atoms with van der Waals surface area (Å²) in [5, 5.41) is 0. The van der Waals surface area contributed by atoms with E-state index in [9.17, 15) is 28.8 Å². The molecular formula is C36H56N2O8. The molecule has 0 aromatic rings. The lowest BCUT2D eigenvalue weighted by atomic mass is 9.68. The maximum absolute atomic E-state index is 13.1. The van der Waals surface area contributed by atoms with Gasteiger partial charge in [0.05, 0.1) is 24.9 Å². The fourth-order valence-corrected chi connectivity index (χ4v) is 7.97. The average Bonchev–Trinajstić information content (AvgIpc) is 3.66. The van der Waals surface area contributed by atoms with Gasteiger partial charge in [0.1, 0.15) is 22.8 Å². The average molecular weight is 645 g/mol. The summed E-state index contributed by atoms with van der Waals surface area (Å²) in [5.74, 6) is 0.418. The number of hydrogen-bond acceptors (Lipinski definition) is 8. The van der Waals surface area contributed by atoms with E-state index in [1.165, 1.54) is 9.80 Å². The second kappa shape index (κ2) is 15.0. The van der Waals surface area contributed by atoms with Crippen LogP contribution in [0.15, 0.2) is 0 Å². The minimum Gasteiger partial charge on any atom is -0.444 e. The van der Waals surface area contributed by atoms with Gasteiger partial charge >= 0.3 is 12.2 Å². The summed E-state index contributed by atoms with van der Waals surface area (Å²) < 4.78 is 10.9. The first-order chi connectivity index (χ1) is 21.5. The number of rotatable bonds is 9. The Hall–Kier alpha value is -2.78. The molecule has 4 rings (SSSR count). The highest BCUT2D eigenvalue weighted by molar-refractivity contribution is 6.04. The minimum absolute atomic E-state index is 0.00837. The van der Waals surface area contributed by atoms with Gasteiger partial charge < -0.3 is 9.47 Å². The highest BCUT2D eigenvalue weighted by Gasteiger charge is 2.41. The first-order valence-corrected chi connectivity index (χ1v) is 17.6. The summed E-state index contributed by atoms with van der Waals surface area (Å²) in [6, 6.07) is -1.16. The Morgan fingerprint density at radius 3 is 1.13 bits per heavy atom. The van der Waals surface area contributed by atoms with Gasteiger partial charge in [-0.2, -0.15) is 0 Å². The number of amides is 2. The van der Waals surface area contributed by atoms with E-state index in [0.717, 1.165) is 64.2 Å². The van der Waals surface area contributed by atoms with Crippen molar-refractivity contribution in [1.82, 2.24) is 9.80 Å². The molecule has 0 spiro atoms. The van der Waals surface area contributed by atoms with Crippen molar-refractivity contribution >= 4 is 35.3 Å². The van der Waals surface area contributed by atoms with Gasteiger partial charge in [0, 0.05) is 24.9 Å². The molecule has 10 nitrogen and oxygen atoms in total. The molecule has 258 valence electrons. The molecule has 2 aliphatic heterocycles. The minimum atomic E-state index is -0.641. The molecule has 4 aliphatic rings. The maximum Gasteiger partial charge on any atom is 0.410 e. The zero-order chi connectivity index (χ0) is 33.8. The molecule has 2 atom stereocenters. The Morgan fingerprint density at radius 2 is 0.826 bits per heavy atom. The first kappa shape index (κ1) is 36.1. The molecule has 2 saturated carbocycles. The predicted molar refractivity (Wildman–Crippen MR) is 172 cm³/mol. The standard InChI is InChI=1S/C36H56N2O8/c1-35(2,3)45-33(43)37-19-7-9-27(37)31(41)21-29(39)25-15-11-23(12-16-25)24-13-17-26(18-14-24)30(40)22-32(42)28-10-8-20-38(28)34(44)46-36(4,5)6/h23-28H,7-22H2,1-6H3/t23?,24?,25?,26?,27-,28?/m1/s1. The van der Waals surface area contributed by atoms with Crippen LogP contribution in [0, 0.1) is 23.7 Å². The lowest BCUT2D eigenvalue weighted by Gasteiger charge is -2.37. The molecule has 0 aromatic carbocycles. The van der Waals surface area contributed by atoms with Crippen LogP contribution in [0.1, 0.15) is 131 Å². The van der Waals surface area contributed by atoms with E-state index in [-0.39, 0.29) is 47.8 Å². The van der Waals surface area contributed by atoms with E-state index < -0.39 is 35.5 Å². The fraction of sp³-hybridized carbons (Fsp3) is 0.833. The summed E-state index contributed by atoms with van der Waals surface area (Å²) in [5.41, 5.74) is -1.28. The van der Waals surface area contributed by atoms with Crippen LogP contribution >= 0.6 is 0 Å². The molecule has 2 heterocycles. The van der Waals surface area contributed by atoms with Gasteiger partial charge in [-0.15, -0.1) is 0 Å². The van der Waals surface area contributed by atoms with E-state index >= 15 is 0 Å². The number of Topliss-reactive ketones (excluding diaryl/α,β-unsaturated/α-hetero) is 4. The molecule has 0 radical (unpaired) electrons. The SMILES string of the molecule is CC(C)(C)OC(=O)N1CCCC1C(=O)CC(=O)C1CCC(C2CCC(C(=O)CC(=O)[C@H]3CCCN3C(=O)OC(C)(C)C)CC2)CC1. The summed E-state index contributed by atoms with van der Waals surface area (Å²) in [6.07, 6.45) is 8.28. The van der Waals surface area contributed by atoms with Crippen molar-refractivity contribution in [1.29, 1.82) is 0 Å². The Balaban J connectivity index is 1.18. The molecule has 4 fully saturated rings. The predicted octanol–water partition coefficient (Wildman–Crippen LogP) is 6.45. The zero-order valence-corrected chi connectivity index (χ0v) is 28.9. The van der Waals surface area contributed by atoms with Gasteiger partial charge in [-0.05, 0) is 130 Å². The van der Waals surface area contributed by atoms with Gasteiger partial charge in [0.2, 0.25) is 0 Å². The third-order valence-corrected chi connectivity index (χ3v) is 10.3. The van der Waals surface area contributed by atoms with Crippen molar-refractivity contribution in [2.45, 2.75) is 155 Å². The number of nitrogens with zero attached hydrogens (tertiary/aromatic N) is 2. The van der Waals surface area contributed by atoms with E-state index in [4.69, 9.17) is 9.47 Å². The second-order valence-corrected chi connectivity index (χ2v) is 16.1. The lowest BCUT2D eigenvalue weighted by molar-refractivity contribution is -0.134. The van der Waals surface area contributed by atoms with Crippen LogP contribution in [-0.2, 0) is 28.7 Å². The maximum atomic E-state index is 13.1. The quantitative estimate of drug-likeness (QED) is 0.262. The Labute approximate surface area is 274 Å². The van der Waals surface area contributed by atoms with E-state index in [2.05, 4.69) is 0 Å². The van der Waals surface area contributed by atoms with Crippen molar-refractivity contribution in [3.63, 3.8) is 0 Å². The van der Waals surface area contributed by atoms with Gasteiger partial charge in [0.25, 0.3) is 0 Å². The number of carbonyl (C=O) groups excluding carboxylic acids is 6. The van der Waals surface area contributed by atoms with Crippen molar-refractivity contribution < 1.29 is 38.2 Å². The molecule has 2 saturated heterocycles. The largest absolute Gasteiger partial charge is 0.444 e. The van der Waals surface area contributed by atoms with Gasteiger partial charge in [0.15, 0.2) is 11.6 Å². The van der Waals surface area contributed by atoms with Gasteiger partial charge in [-0.3, -0.25) is 29.0 Å². The fourth-order valence-electron chi connectivity index (χ4n) is 7.97. The van der Waals surface area contributed by atoms with Crippen LogP contribution in [0.4, 0.5) is 9.59 Å². The Bertz CT molecular complexity index is 1060. The van der Waals surface area contributed by atoms with Gasteiger partial charge in [-0.25, -0.2) is 9.59 Å². The third-order valence-electron chi connectivity index (χ3n) is 10.3. The topological polar surface area (TPSA) is 127 Å². The normalized spacial score (nSPS) is 28.9. The number of ether oxygens (including phenoxy) is 2. The van der Waals surface area contributed by atoms with Crippen LogP contribution in [0.25, 0.3) is 0 Å². The molecule has 2 amide bonds. The highest BCUT2D eigenvalue weighted by Crippen LogP contribution is 2.42. The van der Waals surface area contributed by atoms with Crippen molar-refractivity contribution in [2.24, 2.45) is 23.7 Å². The summed E-state index contributed by atoms with van der Waals surface area (Å²) in [4.78, 5) is 80.6. The van der Waals surface area contributed by atoms with Crippen molar-refractivity contribution in [3.05, 3.63) is 0 Å². The second-order valence-electron chi connectivity index (χ2n) is 16.1. The molecule has 2 aliphatic carbocycles.